The predicted octanol–water partition coefficient (Wildman–Crippen LogP) is 3.09. The Labute approximate surface area is 141 Å². The van der Waals surface area contributed by atoms with Crippen molar-refractivity contribution in [1.29, 1.82) is 0 Å². The predicted molar refractivity (Wildman–Crippen MR) is 88.3 cm³/mol. The van der Waals surface area contributed by atoms with E-state index in [1.165, 1.54) is 6.20 Å². The minimum atomic E-state index is -1.39. The molecular formula is C17H23ClN2O3. The van der Waals surface area contributed by atoms with E-state index in [4.69, 9.17) is 16.3 Å². The van der Waals surface area contributed by atoms with Crippen molar-refractivity contribution in [3.05, 3.63) is 28.5 Å². The van der Waals surface area contributed by atoms with Crippen LogP contribution in [0.15, 0.2) is 12.3 Å². The van der Waals surface area contributed by atoms with Crippen LogP contribution < -0.4 is 5.32 Å². The fraction of sp³-hybridized carbons (Fsp3) is 0.588. The van der Waals surface area contributed by atoms with Crippen molar-refractivity contribution in [3.8, 4) is 0 Å². The molecular weight excluding hydrogens is 316 g/mol. The lowest BCUT2D eigenvalue weighted by Crippen LogP contribution is -2.60. The number of carbonyl (C=O) groups is 2. The molecule has 1 aromatic rings. The normalized spacial score (nSPS) is 22.2. The van der Waals surface area contributed by atoms with Crippen LogP contribution in [0.3, 0.4) is 0 Å². The summed E-state index contributed by atoms with van der Waals surface area (Å²) >= 11 is 6.09. The van der Waals surface area contributed by atoms with Crippen LogP contribution in [0.25, 0.3) is 0 Å². The molecule has 0 spiro atoms. The van der Waals surface area contributed by atoms with Crippen molar-refractivity contribution in [2.75, 3.05) is 6.61 Å². The number of amides is 1. The molecule has 1 aliphatic heterocycles. The summed E-state index contributed by atoms with van der Waals surface area (Å²) in [5.74, 6) is -0.894. The standard InChI is InChI=1S/C17H23ClN2O3/c1-5-7-8-23-15(22)17(6-2)12-9-11(18)10-19-13(12)16(3,4)20-14(17)21/h9-10H,5-8H2,1-4H3,(H,20,21). The summed E-state index contributed by atoms with van der Waals surface area (Å²) in [5, 5.41) is 3.30. The zero-order valence-corrected chi connectivity index (χ0v) is 14.8. The third kappa shape index (κ3) is 2.94. The molecule has 2 rings (SSSR count). The van der Waals surface area contributed by atoms with E-state index in [0.717, 1.165) is 12.8 Å². The van der Waals surface area contributed by atoms with Gasteiger partial charge in [-0.05, 0) is 32.8 Å². The smallest absolute Gasteiger partial charge is 0.326 e. The van der Waals surface area contributed by atoms with E-state index < -0.39 is 16.9 Å². The number of nitrogens with one attached hydrogen (secondary N) is 1. The van der Waals surface area contributed by atoms with Gasteiger partial charge in [-0.2, -0.15) is 0 Å². The number of rotatable bonds is 5. The highest BCUT2D eigenvalue weighted by atomic mass is 35.5. The quantitative estimate of drug-likeness (QED) is 0.509. The highest BCUT2D eigenvalue weighted by Crippen LogP contribution is 2.41. The van der Waals surface area contributed by atoms with Crippen molar-refractivity contribution in [2.45, 2.75) is 57.9 Å². The molecule has 1 unspecified atom stereocenters. The molecule has 0 radical (unpaired) electrons. The number of ether oxygens (including phenoxy) is 1. The van der Waals surface area contributed by atoms with Gasteiger partial charge in [0, 0.05) is 11.8 Å². The van der Waals surface area contributed by atoms with Gasteiger partial charge < -0.3 is 10.1 Å². The van der Waals surface area contributed by atoms with Crippen LogP contribution in [-0.4, -0.2) is 23.5 Å². The summed E-state index contributed by atoms with van der Waals surface area (Å²) in [5.41, 5.74) is -0.867. The Morgan fingerprint density at radius 3 is 2.70 bits per heavy atom. The van der Waals surface area contributed by atoms with Gasteiger partial charge >= 0.3 is 5.97 Å². The van der Waals surface area contributed by atoms with Gasteiger partial charge in [-0.15, -0.1) is 0 Å². The van der Waals surface area contributed by atoms with Crippen molar-refractivity contribution in [1.82, 2.24) is 10.3 Å². The van der Waals surface area contributed by atoms with Crippen LogP contribution in [0.5, 0.6) is 0 Å². The zero-order chi connectivity index (χ0) is 17.3. The number of hydrogen-bond donors (Lipinski definition) is 1. The van der Waals surface area contributed by atoms with Gasteiger partial charge in [0.15, 0.2) is 5.41 Å². The van der Waals surface area contributed by atoms with Gasteiger partial charge in [0.25, 0.3) is 0 Å². The second-order valence-corrected chi connectivity index (χ2v) is 6.81. The molecule has 23 heavy (non-hydrogen) atoms. The van der Waals surface area contributed by atoms with Crippen LogP contribution in [0.2, 0.25) is 5.02 Å². The average molecular weight is 339 g/mol. The minimum absolute atomic E-state index is 0.287. The largest absolute Gasteiger partial charge is 0.465 e. The Morgan fingerprint density at radius 2 is 2.09 bits per heavy atom. The van der Waals surface area contributed by atoms with E-state index in [1.54, 1.807) is 13.0 Å². The number of pyridine rings is 1. The average Bonchev–Trinajstić information content (AvgIpc) is 2.47. The Kier molecular flexibility index (Phi) is 4.99. The Balaban J connectivity index is 2.56. The lowest BCUT2D eigenvalue weighted by atomic mass is 9.70. The van der Waals surface area contributed by atoms with Crippen LogP contribution >= 0.6 is 11.6 Å². The molecule has 1 aromatic heterocycles. The number of carbonyl (C=O) groups excluding carboxylic acids is 2. The van der Waals surface area contributed by atoms with Gasteiger partial charge in [0.2, 0.25) is 5.91 Å². The van der Waals surface area contributed by atoms with E-state index in [1.807, 2.05) is 20.8 Å². The third-order valence-corrected chi connectivity index (χ3v) is 4.54. The summed E-state index contributed by atoms with van der Waals surface area (Å²) in [6, 6.07) is 1.66. The Bertz CT molecular complexity index is 630. The number of hydrogen-bond acceptors (Lipinski definition) is 4. The fourth-order valence-corrected chi connectivity index (χ4v) is 3.12. The van der Waals surface area contributed by atoms with E-state index in [-0.39, 0.29) is 12.3 Å². The van der Waals surface area contributed by atoms with Crippen molar-refractivity contribution in [3.63, 3.8) is 0 Å². The highest BCUT2D eigenvalue weighted by molar-refractivity contribution is 6.30. The number of aromatic nitrogens is 1. The molecule has 0 saturated carbocycles. The van der Waals surface area contributed by atoms with E-state index >= 15 is 0 Å². The number of fused-ring (bicyclic) bond motifs is 1. The number of nitrogens with zero attached hydrogens (tertiary/aromatic N) is 1. The summed E-state index contributed by atoms with van der Waals surface area (Å²) in [6.07, 6.45) is 3.49. The Hall–Kier alpha value is -1.62. The molecule has 0 saturated heterocycles. The molecule has 1 N–H and O–H groups in total. The molecule has 1 amide bonds. The lowest BCUT2D eigenvalue weighted by Gasteiger charge is -2.42. The maximum Gasteiger partial charge on any atom is 0.326 e. The van der Waals surface area contributed by atoms with E-state index in [0.29, 0.717) is 22.9 Å². The zero-order valence-electron chi connectivity index (χ0n) is 14.0. The molecule has 0 fully saturated rings. The third-order valence-electron chi connectivity index (χ3n) is 4.33. The lowest BCUT2D eigenvalue weighted by molar-refractivity contribution is -0.157. The van der Waals surface area contributed by atoms with Crippen molar-refractivity contribution in [2.24, 2.45) is 0 Å². The second-order valence-electron chi connectivity index (χ2n) is 6.38. The maximum atomic E-state index is 12.8. The number of unbranched alkanes of at least 4 members (excludes halogenated alkanes) is 1. The Morgan fingerprint density at radius 1 is 1.39 bits per heavy atom. The highest BCUT2D eigenvalue weighted by Gasteiger charge is 2.55. The van der Waals surface area contributed by atoms with Gasteiger partial charge in [0.05, 0.1) is 22.9 Å². The molecule has 2 heterocycles. The molecule has 0 bridgehead atoms. The van der Waals surface area contributed by atoms with E-state index in [2.05, 4.69) is 10.3 Å². The fourth-order valence-electron chi connectivity index (χ4n) is 2.97. The molecule has 0 aromatic carbocycles. The van der Waals surface area contributed by atoms with Crippen molar-refractivity contribution >= 4 is 23.5 Å². The second kappa shape index (κ2) is 6.48. The maximum absolute atomic E-state index is 12.8. The monoisotopic (exact) mass is 338 g/mol. The van der Waals surface area contributed by atoms with Gasteiger partial charge in [-0.1, -0.05) is 31.9 Å². The first-order valence-corrected chi connectivity index (χ1v) is 8.33. The molecule has 5 nitrogen and oxygen atoms in total. The van der Waals surface area contributed by atoms with Gasteiger partial charge in [-0.3, -0.25) is 14.6 Å². The summed E-state index contributed by atoms with van der Waals surface area (Å²) in [4.78, 5) is 30.0. The molecule has 126 valence electrons. The van der Waals surface area contributed by atoms with Crippen molar-refractivity contribution < 1.29 is 14.3 Å². The SMILES string of the molecule is CCCCOC(=O)C1(CC)C(=O)NC(C)(C)c2ncc(Cl)cc21. The number of esters is 1. The van der Waals surface area contributed by atoms with Crippen LogP contribution in [-0.2, 0) is 25.3 Å². The van der Waals surface area contributed by atoms with Crippen LogP contribution in [0.1, 0.15) is 58.2 Å². The summed E-state index contributed by atoms with van der Waals surface area (Å²) < 4.78 is 5.38. The summed E-state index contributed by atoms with van der Waals surface area (Å²) in [6.45, 7) is 7.82. The van der Waals surface area contributed by atoms with Gasteiger partial charge in [0.1, 0.15) is 0 Å². The molecule has 1 aliphatic rings. The van der Waals surface area contributed by atoms with E-state index in [9.17, 15) is 9.59 Å². The minimum Gasteiger partial charge on any atom is -0.465 e. The molecule has 6 heteroatoms. The molecule has 0 aliphatic carbocycles. The van der Waals surface area contributed by atoms with Crippen LogP contribution in [0, 0.1) is 0 Å². The first-order chi connectivity index (χ1) is 10.8. The number of halogens is 1. The first-order valence-electron chi connectivity index (χ1n) is 7.96. The topological polar surface area (TPSA) is 68.3 Å². The first kappa shape index (κ1) is 17.7. The van der Waals surface area contributed by atoms with Gasteiger partial charge in [-0.25, -0.2) is 0 Å². The molecule has 1 atom stereocenters. The van der Waals surface area contributed by atoms with Crippen LogP contribution in [0.4, 0.5) is 0 Å². The summed E-state index contributed by atoms with van der Waals surface area (Å²) in [7, 11) is 0.